The molecule has 0 bridgehead atoms. The molecule has 0 saturated heterocycles. The summed E-state index contributed by atoms with van der Waals surface area (Å²) in [5.74, 6) is 0. The van der Waals surface area contributed by atoms with E-state index in [1.165, 1.54) is 25.7 Å². The minimum atomic E-state index is -0.0348. The highest BCUT2D eigenvalue weighted by Gasteiger charge is 2.33. The van der Waals surface area contributed by atoms with Gasteiger partial charge in [0.15, 0.2) is 6.29 Å². The summed E-state index contributed by atoms with van der Waals surface area (Å²) in [6.07, 6.45) is 4.68. The zero-order valence-electron chi connectivity index (χ0n) is 11.1. The molecule has 0 aromatic carbocycles. The number of rotatable bonds is 9. The number of hydrogen-bond acceptors (Lipinski definition) is 2. The minimum Gasteiger partial charge on any atom is -0.352 e. The lowest BCUT2D eigenvalue weighted by Crippen LogP contribution is -2.37. The molecule has 92 valence electrons. The lowest BCUT2D eigenvalue weighted by molar-refractivity contribution is -0.203. The van der Waals surface area contributed by atoms with E-state index in [0.29, 0.717) is 0 Å². The van der Waals surface area contributed by atoms with Gasteiger partial charge in [0.1, 0.15) is 0 Å². The van der Waals surface area contributed by atoms with Crippen molar-refractivity contribution in [2.75, 3.05) is 13.2 Å². The Bertz CT molecular complexity index is 133. The van der Waals surface area contributed by atoms with Crippen LogP contribution in [0.1, 0.15) is 60.3 Å². The van der Waals surface area contributed by atoms with Crippen LogP contribution in [0.15, 0.2) is 0 Å². The predicted molar refractivity (Wildman–Crippen MR) is 65.0 cm³/mol. The normalized spacial score (nSPS) is 12.4. The summed E-state index contributed by atoms with van der Waals surface area (Å²) in [6, 6.07) is 0. The third kappa shape index (κ3) is 4.98. The molecule has 0 amide bonds. The molecule has 0 spiro atoms. The van der Waals surface area contributed by atoms with Gasteiger partial charge in [-0.15, -0.1) is 0 Å². The van der Waals surface area contributed by atoms with Crippen LogP contribution in [0.4, 0.5) is 0 Å². The zero-order chi connectivity index (χ0) is 11.7. The van der Waals surface area contributed by atoms with Crippen LogP contribution >= 0.6 is 0 Å². The van der Waals surface area contributed by atoms with Crippen molar-refractivity contribution in [2.45, 2.75) is 66.6 Å². The van der Waals surface area contributed by atoms with Crippen LogP contribution in [-0.4, -0.2) is 19.5 Å². The summed E-state index contributed by atoms with van der Waals surface area (Å²) < 4.78 is 11.5. The van der Waals surface area contributed by atoms with Gasteiger partial charge in [-0.1, -0.05) is 33.6 Å². The van der Waals surface area contributed by atoms with E-state index in [2.05, 4.69) is 20.8 Å². The Morgan fingerprint density at radius 2 is 1.27 bits per heavy atom. The minimum absolute atomic E-state index is 0.0348. The molecule has 0 saturated carbocycles. The van der Waals surface area contributed by atoms with Crippen LogP contribution in [0.5, 0.6) is 0 Å². The van der Waals surface area contributed by atoms with Crippen molar-refractivity contribution >= 4 is 0 Å². The van der Waals surface area contributed by atoms with Crippen molar-refractivity contribution in [2.24, 2.45) is 5.41 Å². The topological polar surface area (TPSA) is 18.5 Å². The SMILES string of the molecule is CCCC(C)(CCC)C(OCC)OCC. The highest BCUT2D eigenvalue weighted by molar-refractivity contribution is 4.77. The van der Waals surface area contributed by atoms with Crippen molar-refractivity contribution in [1.82, 2.24) is 0 Å². The van der Waals surface area contributed by atoms with Crippen LogP contribution in [-0.2, 0) is 9.47 Å². The van der Waals surface area contributed by atoms with Crippen molar-refractivity contribution < 1.29 is 9.47 Å². The fourth-order valence-corrected chi connectivity index (χ4v) is 2.26. The molecule has 0 N–H and O–H groups in total. The maximum Gasteiger partial charge on any atom is 0.162 e. The van der Waals surface area contributed by atoms with E-state index < -0.39 is 0 Å². The Labute approximate surface area is 95.3 Å². The van der Waals surface area contributed by atoms with Crippen LogP contribution < -0.4 is 0 Å². The second-order valence-electron chi connectivity index (χ2n) is 4.40. The summed E-state index contributed by atoms with van der Waals surface area (Å²) in [6.45, 7) is 12.3. The molecule has 0 heterocycles. The highest BCUT2D eigenvalue weighted by atomic mass is 16.7. The standard InChI is InChI=1S/C13H28O2/c1-6-10-13(5,11-7-2)12(14-8-3)15-9-4/h12H,6-11H2,1-5H3. The van der Waals surface area contributed by atoms with Gasteiger partial charge in [-0.25, -0.2) is 0 Å². The van der Waals surface area contributed by atoms with Gasteiger partial charge in [-0.2, -0.15) is 0 Å². The highest BCUT2D eigenvalue weighted by Crippen LogP contribution is 2.35. The molecule has 0 atom stereocenters. The van der Waals surface area contributed by atoms with E-state index in [4.69, 9.17) is 9.47 Å². The van der Waals surface area contributed by atoms with Crippen molar-refractivity contribution in [3.8, 4) is 0 Å². The summed E-state index contributed by atoms with van der Waals surface area (Å²) in [5.41, 5.74) is 0.176. The van der Waals surface area contributed by atoms with E-state index in [9.17, 15) is 0 Å². The molecule has 2 heteroatoms. The first-order chi connectivity index (χ1) is 7.14. The number of ether oxygens (including phenoxy) is 2. The summed E-state index contributed by atoms with van der Waals surface area (Å²) in [7, 11) is 0. The first-order valence-corrected chi connectivity index (χ1v) is 6.37. The van der Waals surface area contributed by atoms with Crippen LogP contribution in [0.3, 0.4) is 0 Å². The molecule has 0 aliphatic heterocycles. The molecule has 2 nitrogen and oxygen atoms in total. The van der Waals surface area contributed by atoms with E-state index >= 15 is 0 Å². The van der Waals surface area contributed by atoms with Gasteiger partial charge in [0.2, 0.25) is 0 Å². The molecule has 0 fully saturated rings. The third-order valence-corrected chi connectivity index (χ3v) is 2.85. The number of hydrogen-bond donors (Lipinski definition) is 0. The van der Waals surface area contributed by atoms with Crippen molar-refractivity contribution in [1.29, 1.82) is 0 Å². The summed E-state index contributed by atoms with van der Waals surface area (Å²) in [4.78, 5) is 0. The zero-order valence-corrected chi connectivity index (χ0v) is 11.1. The average molecular weight is 216 g/mol. The largest absolute Gasteiger partial charge is 0.352 e. The van der Waals surface area contributed by atoms with Gasteiger partial charge in [0.05, 0.1) is 0 Å². The predicted octanol–water partition coefficient (Wildman–Crippen LogP) is 3.99. The van der Waals surface area contributed by atoms with E-state index in [1.54, 1.807) is 0 Å². The first-order valence-electron chi connectivity index (χ1n) is 6.37. The van der Waals surface area contributed by atoms with Crippen molar-refractivity contribution in [3.63, 3.8) is 0 Å². The fraction of sp³-hybridized carbons (Fsp3) is 1.00. The Hall–Kier alpha value is -0.0800. The van der Waals surface area contributed by atoms with E-state index in [-0.39, 0.29) is 11.7 Å². The van der Waals surface area contributed by atoms with E-state index in [1.807, 2.05) is 13.8 Å². The Kier molecular flexibility index (Phi) is 8.07. The van der Waals surface area contributed by atoms with Crippen molar-refractivity contribution in [3.05, 3.63) is 0 Å². The van der Waals surface area contributed by atoms with Crippen LogP contribution in [0, 0.1) is 5.41 Å². The quantitative estimate of drug-likeness (QED) is 0.542. The Morgan fingerprint density at radius 3 is 1.53 bits per heavy atom. The lowest BCUT2D eigenvalue weighted by atomic mass is 9.80. The lowest BCUT2D eigenvalue weighted by Gasteiger charge is -2.36. The second kappa shape index (κ2) is 8.12. The summed E-state index contributed by atoms with van der Waals surface area (Å²) in [5, 5.41) is 0. The van der Waals surface area contributed by atoms with Gasteiger partial charge in [0, 0.05) is 18.6 Å². The molecule has 0 aromatic rings. The fourth-order valence-electron chi connectivity index (χ4n) is 2.26. The second-order valence-corrected chi connectivity index (χ2v) is 4.40. The maximum absolute atomic E-state index is 5.73. The smallest absolute Gasteiger partial charge is 0.162 e. The van der Waals surface area contributed by atoms with Crippen LogP contribution in [0.25, 0.3) is 0 Å². The van der Waals surface area contributed by atoms with Gasteiger partial charge in [-0.05, 0) is 26.7 Å². The summed E-state index contributed by atoms with van der Waals surface area (Å²) >= 11 is 0. The van der Waals surface area contributed by atoms with Gasteiger partial charge in [0.25, 0.3) is 0 Å². The molecular weight excluding hydrogens is 188 g/mol. The van der Waals surface area contributed by atoms with E-state index in [0.717, 1.165) is 13.2 Å². The molecule has 0 unspecified atom stereocenters. The molecule has 0 radical (unpaired) electrons. The van der Waals surface area contributed by atoms with Gasteiger partial charge < -0.3 is 9.47 Å². The van der Waals surface area contributed by atoms with Crippen LogP contribution in [0.2, 0.25) is 0 Å². The Morgan fingerprint density at radius 1 is 0.867 bits per heavy atom. The molecule has 0 aliphatic rings. The molecular formula is C13H28O2. The molecule has 0 aliphatic carbocycles. The van der Waals surface area contributed by atoms with Gasteiger partial charge >= 0.3 is 0 Å². The molecule has 15 heavy (non-hydrogen) atoms. The molecule has 0 aromatic heterocycles. The monoisotopic (exact) mass is 216 g/mol. The van der Waals surface area contributed by atoms with Gasteiger partial charge in [-0.3, -0.25) is 0 Å². The first kappa shape index (κ1) is 14.9. The maximum atomic E-state index is 5.73. The Balaban J connectivity index is 4.48. The molecule has 0 rings (SSSR count). The average Bonchev–Trinajstić information content (AvgIpc) is 2.18. The third-order valence-electron chi connectivity index (χ3n) is 2.85.